The Kier molecular flexibility index (Phi) is 66.9. The Morgan fingerprint density at radius 2 is 0.603 bits per heavy atom. The van der Waals surface area contributed by atoms with Crippen LogP contribution < -0.4 is 5.32 Å². The van der Waals surface area contributed by atoms with Crippen LogP contribution in [-0.4, -0.2) is 47.4 Å². The molecule has 2 unspecified atom stereocenters. The molecule has 6 nitrogen and oxygen atoms in total. The first-order valence-electron chi connectivity index (χ1n) is 35.9. The maximum Gasteiger partial charge on any atom is 0.305 e. The van der Waals surface area contributed by atoms with Crippen LogP contribution in [0.5, 0.6) is 0 Å². The molecule has 0 radical (unpaired) electrons. The van der Waals surface area contributed by atoms with Crippen molar-refractivity contribution in [1.82, 2.24) is 5.32 Å². The molecular weight excluding hydrogens is 959 g/mol. The Bertz CT molecular complexity index is 1180. The Morgan fingerprint density at radius 1 is 0.346 bits per heavy atom. The van der Waals surface area contributed by atoms with Crippen molar-refractivity contribution >= 4 is 11.9 Å². The summed E-state index contributed by atoms with van der Waals surface area (Å²) in [5, 5.41) is 23.4. The number of aliphatic hydroxyl groups excluding tert-OH is 2. The van der Waals surface area contributed by atoms with Crippen LogP contribution in [0.1, 0.15) is 412 Å². The molecule has 0 aliphatic heterocycles. The number of aliphatic hydroxyl groups is 2. The van der Waals surface area contributed by atoms with Crippen LogP contribution >= 0.6 is 0 Å². The molecule has 464 valence electrons. The fourth-order valence-corrected chi connectivity index (χ4v) is 11.6. The van der Waals surface area contributed by atoms with Crippen LogP contribution in [0.3, 0.4) is 0 Å². The molecule has 0 heterocycles. The Balaban J connectivity index is 3.36. The van der Waals surface area contributed by atoms with E-state index in [4.69, 9.17) is 4.74 Å². The van der Waals surface area contributed by atoms with E-state index in [1.165, 1.54) is 340 Å². The average Bonchev–Trinajstić information content (AvgIpc) is 3.44. The molecule has 3 N–H and O–H groups in total. The largest absolute Gasteiger partial charge is 0.466 e. The quantitative estimate of drug-likeness (QED) is 0.0320. The van der Waals surface area contributed by atoms with Gasteiger partial charge in [0.05, 0.1) is 25.4 Å². The van der Waals surface area contributed by atoms with E-state index in [-0.39, 0.29) is 18.5 Å². The second-order valence-electron chi connectivity index (χ2n) is 24.9. The second-order valence-corrected chi connectivity index (χ2v) is 24.9. The van der Waals surface area contributed by atoms with Gasteiger partial charge in [-0.3, -0.25) is 9.59 Å². The lowest BCUT2D eigenvalue weighted by Gasteiger charge is -2.22. The predicted octanol–water partition coefficient (Wildman–Crippen LogP) is 23.1. The first kappa shape index (κ1) is 76.6. The molecule has 0 saturated carbocycles. The maximum absolute atomic E-state index is 12.5. The monoisotopic (exact) mass is 1100 g/mol. The minimum Gasteiger partial charge on any atom is -0.466 e. The number of ether oxygens (including phenoxy) is 1. The highest BCUT2D eigenvalue weighted by atomic mass is 16.5. The van der Waals surface area contributed by atoms with Crippen molar-refractivity contribution in [2.45, 2.75) is 424 Å². The fourth-order valence-electron chi connectivity index (χ4n) is 11.6. The molecule has 0 spiro atoms. The van der Waals surface area contributed by atoms with Gasteiger partial charge in [-0.1, -0.05) is 360 Å². The van der Waals surface area contributed by atoms with Gasteiger partial charge in [0.1, 0.15) is 0 Å². The van der Waals surface area contributed by atoms with Gasteiger partial charge in [0, 0.05) is 12.8 Å². The Labute approximate surface area is 489 Å². The summed E-state index contributed by atoms with van der Waals surface area (Å²) >= 11 is 0. The van der Waals surface area contributed by atoms with Gasteiger partial charge in [0.15, 0.2) is 0 Å². The molecule has 0 rings (SSSR count). The lowest BCUT2D eigenvalue weighted by atomic mass is 10.0. The van der Waals surface area contributed by atoms with E-state index in [1.807, 2.05) is 0 Å². The lowest BCUT2D eigenvalue weighted by Crippen LogP contribution is -2.45. The third kappa shape index (κ3) is 63.8. The van der Waals surface area contributed by atoms with Crippen molar-refractivity contribution in [3.8, 4) is 0 Å². The molecular formula is C72H141NO5. The SMILES string of the molecule is CCCCCCCCCCCCCCCCCCCC(=O)OCCCCCCCCCCCCCC/C=C\CCCCCCCCCCCCCC(=O)NC(CO)C(O)CCCCCCCCCCCCCCCCCCC. The van der Waals surface area contributed by atoms with Gasteiger partial charge in [-0.25, -0.2) is 0 Å². The number of unbranched alkanes of at least 4 members (excludes halogenated alkanes) is 55. The van der Waals surface area contributed by atoms with Gasteiger partial charge in [-0.15, -0.1) is 0 Å². The summed E-state index contributed by atoms with van der Waals surface area (Å²) in [4.78, 5) is 24.6. The van der Waals surface area contributed by atoms with E-state index in [1.54, 1.807) is 0 Å². The minimum absolute atomic E-state index is 0.0202. The van der Waals surface area contributed by atoms with Crippen molar-refractivity contribution < 1.29 is 24.5 Å². The third-order valence-corrected chi connectivity index (χ3v) is 17.1. The van der Waals surface area contributed by atoms with Gasteiger partial charge < -0.3 is 20.3 Å². The normalized spacial score (nSPS) is 12.5. The van der Waals surface area contributed by atoms with Gasteiger partial charge in [-0.05, 0) is 51.4 Å². The molecule has 2 atom stereocenters. The summed E-state index contributed by atoms with van der Waals surface area (Å²) < 4.78 is 5.51. The van der Waals surface area contributed by atoms with Gasteiger partial charge in [0.25, 0.3) is 0 Å². The van der Waals surface area contributed by atoms with Crippen LogP contribution in [0.2, 0.25) is 0 Å². The number of hydrogen-bond donors (Lipinski definition) is 3. The molecule has 0 aromatic heterocycles. The molecule has 0 aliphatic rings. The van der Waals surface area contributed by atoms with E-state index in [0.717, 1.165) is 38.5 Å². The van der Waals surface area contributed by atoms with Crippen LogP contribution in [-0.2, 0) is 14.3 Å². The van der Waals surface area contributed by atoms with Crippen LogP contribution in [0.25, 0.3) is 0 Å². The average molecular weight is 1100 g/mol. The van der Waals surface area contributed by atoms with Crippen molar-refractivity contribution in [3.63, 3.8) is 0 Å². The molecule has 1 amide bonds. The number of carbonyl (C=O) groups excluding carboxylic acids is 2. The molecule has 78 heavy (non-hydrogen) atoms. The number of esters is 1. The van der Waals surface area contributed by atoms with E-state index in [2.05, 4.69) is 31.3 Å². The second kappa shape index (κ2) is 68.1. The Hall–Kier alpha value is -1.40. The summed E-state index contributed by atoms with van der Waals surface area (Å²) in [7, 11) is 0. The lowest BCUT2D eigenvalue weighted by molar-refractivity contribution is -0.143. The summed E-state index contributed by atoms with van der Waals surface area (Å²) in [6.07, 6.45) is 84.1. The zero-order valence-corrected chi connectivity index (χ0v) is 53.2. The van der Waals surface area contributed by atoms with Gasteiger partial charge in [0.2, 0.25) is 5.91 Å². The number of hydrogen-bond acceptors (Lipinski definition) is 5. The van der Waals surface area contributed by atoms with Crippen LogP contribution in [0.15, 0.2) is 12.2 Å². The predicted molar refractivity (Wildman–Crippen MR) is 343 cm³/mol. The molecule has 0 fully saturated rings. The van der Waals surface area contributed by atoms with E-state index >= 15 is 0 Å². The standard InChI is InChI=1S/C72H141NO5/c1-3-5-7-9-11-13-15-17-19-32-36-40-44-48-52-56-60-64-70(75)69(68-74)73-71(76)65-61-57-53-49-45-41-37-34-30-28-26-24-22-21-23-25-27-29-31-35-39-43-47-51-55-59-63-67-78-72(77)66-62-58-54-50-46-42-38-33-20-18-16-14-12-10-8-6-4-2/h21-22,69-70,74-75H,3-20,23-68H2,1-2H3,(H,73,76)/b22-21-. The zero-order valence-electron chi connectivity index (χ0n) is 53.2. The minimum atomic E-state index is -0.664. The first-order valence-corrected chi connectivity index (χ1v) is 35.9. The highest BCUT2D eigenvalue weighted by Crippen LogP contribution is 2.19. The highest BCUT2D eigenvalue weighted by Gasteiger charge is 2.20. The van der Waals surface area contributed by atoms with E-state index in [9.17, 15) is 19.8 Å². The summed E-state index contributed by atoms with van der Waals surface area (Å²) in [6.45, 7) is 5.00. The maximum atomic E-state index is 12.5. The van der Waals surface area contributed by atoms with Crippen LogP contribution in [0.4, 0.5) is 0 Å². The van der Waals surface area contributed by atoms with E-state index in [0.29, 0.717) is 25.9 Å². The van der Waals surface area contributed by atoms with Crippen LogP contribution in [0, 0.1) is 0 Å². The number of allylic oxidation sites excluding steroid dienone is 2. The Morgan fingerprint density at radius 3 is 0.910 bits per heavy atom. The van der Waals surface area contributed by atoms with Crippen molar-refractivity contribution in [2.24, 2.45) is 0 Å². The number of carbonyl (C=O) groups is 2. The third-order valence-electron chi connectivity index (χ3n) is 17.1. The van der Waals surface area contributed by atoms with Crippen molar-refractivity contribution in [3.05, 3.63) is 12.2 Å². The molecule has 0 aliphatic carbocycles. The smallest absolute Gasteiger partial charge is 0.305 e. The fraction of sp³-hybridized carbons (Fsp3) is 0.944. The molecule has 0 bridgehead atoms. The molecule has 0 saturated heterocycles. The highest BCUT2D eigenvalue weighted by molar-refractivity contribution is 5.76. The zero-order chi connectivity index (χ0) is 56.4. The summed E-state index contributed by atoms with van der Waals surface area (Å²) in [6, 6.07) is -0.542. The number of amides is 1. The topological polar surface area (TPSA) is 95.9 Å². The van der Waals surface area contributed by atoms with Gasteiger partial charge >= 0.3 is 5.97 Å². The summed E-state index contributed by atoms with van der Waals surface area (Å²) in [5.74, 6) is -0.0116. The number of nitrogens with one attached hydrogen (secondary N) is 1. The van der Waals surface area contributed by atoms with E-state index < -0.39 is 12.1 Å². The van der Waals surface area contributed by atoms with Crippen molar-refractivity contribution in [1.29, 1.82) is 0 Å². The molecule has 0 aromatic carbocycles. The summed E-state index contributed by atoms with van der Waals surface area (Å²) in [5.41, 5.74) is 0. The first-order chi connectivity index (χ1) is 38.5. The van der Waals surface area contributed by atoms with Gasteiger partial charge in [-0.2, -0.15) is 0 Å². The molecule has 0 aromatic rings. The molecule has 6 heteroatoms. The number of rotatable bonds is 68. The van der Waals surface area contributed by atoms with Crippen molar-refractivity contribution in [2.75, 3.05) is 13.2 Å².